The molecule has 0 spiro atoms. The zero-order valence-electron chi connectivity index (χ0n) is 32.1. The molecular weight excluding hydrogens is 737 g/mol. The van der Waals surface area contributed by atoms with Crippen LogP contribution in [0.4, 0.5) is 0 Å². The van der Waals surface area contributed by atoms with Gasteiger partial charge in [0.2, 0.25) is 0 Å². The molecule has 0 aliphatic rings. The molecule has 0 saturated heterocycles. The second-order valence-corrected chi connectivity index (χ2v) is 15.0. The number of furan rings is 1. The minimum Gasteiger partial charge on any atom is -0.456 e. The number of fused-ring (bicyclic) bond motifs is 8. The van der Waals surface area contributed by atoms with Gasteiger partial charge in [0.05, 0.1) is 5.69 Å². The standard InChI is InChI=1S/C53H32N6O/c1-3-9-33(10-4-1)34-15-22-38(23-16-34)51-54-52(39-24-17-35(18-25-39)40-27-29-44-43-13-7-8-14-47(43)60-48(44)32-40)56-53(55-51)41-26-20-36-19-21-37-28-30-46-50(49(37)45(36)31-41)58-59(57-46)42-11-5-2-6-12-42/h1-32H. The Kier molecular flexibility index (Phi) is 7.71. The molecule has 0 N–H and O–H groups in total. The molecule has 9 aromatic carbocycles. The van der Waals surface area contributed by atoms with E-state index in [9.17, 15) is 0 Å². The SMILES string of the molecule is c1ccc(-c2ccc(-c3nc(-c4ccc(-c5ccc6c(c5)oc5ccccc56)cc4)nc(-c4ccc5ccc6ccc7nn(-c8ccccc8)nc7c6c5c4)n3)cc2)cc1. The van der Waals surface area contributed by atoms with E-state index in [1.54, 1.807) is 4.80 Å². The molecule has 0 fully saturated rings. The number of aromatic nitrogens is 6. The molecule has 12 aromatic rings. The maximum Gasteiger partial charge on any atom is 0.164 e. The first kappa shape index (κ1) is 33.8. The molecular formula is C53H32N6O. The van der Waals surface area contributed by atoms with Crippen molar-refractivity contribution in [2.45, 2.75) is 0 Å². The van der Waals surface area contributed by atoms with Gasteiger partial charge in [-0.15, -0.1) is 10.2 Å². The Morgan fingerprint density at radius 3 is 1.63 bits per heavy atom. The van der Waals surface area contributed by atoms with Gasteiger partial charge in [-0.2, -0.15) is 4.80 Å². The molecule has 3 aromatic heterocycles. The quantitative estimate of drug-likeness (QED) is 0.157. The molecule has 0 aliphatic carbocycles. The summed E-state index contributed by atoms with van der Waals surface area (Å²) in [6.07, 6.45) is 0. The third-order valence-corrected chi connectivity index (χ3v) is 11.3. The van der Waals surface area contributed by atoms with E-state index in [4.69, 9.17) is 29.6 Å². The summed E-state index contributed by atoms with van der Waals surface area (Å²) in [7, 11) is 0. The summed E-state index contributed by atoms with van der Waals surface area (Å²) >= 11 is 0. The van der Waals surface area contributed by atoms with Gasteiger partial charge < -0.3 is 4.42 Å². The fraction of sp³-hybridized carbons (Fsp3) is 0. The average molecular weight is 769 g/mol. The van der Waals surface area contributed by atoms with Crippen LogP contribution in [0.3, 0.4) is 0 Å². The Balaban J connectivity index is 0.984. The van der Waals surface area contributed by atoms with E-state index in [2.05, 4.69) is 133 Å². The van der Waals surface area contributed by atoms with Gasteiger partial charge in [-0.1, -0.05) is 152 Å². The van der Waals surface area contributed by atoms with Crippen LogP contribution < -0.4 is 0 Å². The number of rotatable bonds is 6. The maximum atomic E-state index is 6.21. The van der Waals surface area contributed by atoms with Crippen LogP contribution in [0.15, 0.2) is 199 Å². The molecule has 7 heteroatoms. The fourth-order valence-corrected chi connectivity index (χ4v) is 8.26. The third kappa shape index (κ3) is 5.79. The molecule has 3 heterocycles. The van der Waals surface area contributed by atoms with Crippen LogP contribution in [0.1, 0.15) is 0 Å². The van der Waals surface area contributed by atoms with Crippen LogP contribution in [0, 0.1) is 0 Å². The lowest BCUT2D eigenvalue weighted by molar-refractivity contribution is 0.669. The van der Waals surface area contributed by atoms with Crippen molar-refractivity contribution in [2.24, 2.45) is 0 Å². The van der Waals surface area contributed by atoms with E-state index >= 15 is 0 Å². The first-order chi connectivity index (χ1) is 29.7. The highest BCUT2D eigenvalue weighted by atomic mass is 16.3. The maximum absolute atomic E-state index is 6.21. The van der Waals surface area contributed by atoms with Gasteiger partial charge in [0.15, 0.2) is 17.5 Å². The molecule has 60 heavy (non-hydrogen) atoms. The Morgan fingerprint density at radius 1 is 0.350 bits per heavy atom. The van der Waals surface area contributed by atoms with Crippen molar-refractivity contribution in [3.8, 4) is 62.1 Å². The molecule has 0 atom stereocenters. The van der Waals surface area contributed by atoms with Crippen LogP contribution in [-0.4, -0.2) is 29.9 Å². The lowest BCUT2D eigenvalue weighted by Gasteiger charge is -2.11. The summed E-state index contributed by atoms with van der Waals surface area (Å²) in [5.74, 6) is 1.77. The van der Waals surface area contributed by atoms with E-state index in [0.717, 1.165) is 99.1 Å². The van der Waals surface area contributed by atoms with Crippen molar-refractivity contribution in [1.82, 2.24) is 29.9 Å². The predicted octanol–water partition coefficient (Wildman–Crippen LogP) is 13.1. The predicted molar refractivity (Wildman–Crippen MR) is 242 cm³/mol. The fourth-order valence-electron chi connectivity index (χ4n) is 8.26. The zero-order valence-corrected chi connectivity index (χ0v) is 32.1. The Hall–Kier alpha value is -8.29. The van der Waals surface area contributed by atoms with Crippen molar-refractivity contribution in [1.29, 1.82) is 0 Å². The summed E-state index contributed by atoms with van der Waals surface area (Å²) in [6.45, 7) is 0. The Bertz CT molecular complexity index is 3580. The first-order valence-corrected chi connectivity index (χ1v) is 19.9. The van der Waals surface area contributed by atoms with E-state index in [0.29, 0.717) is 17.5 Å². The number of hydrogen-bond donors (Lipinski definition) is 0. The van der Waals surface area contributed by atoms with Gasteiger partial charge >= 0.3 is 0 Å². The van der Waals surface area contributed by atoms with Crippen molar-refractivity contribution in [3.05, 3.63) is 194 Å². The summed E-state index contributed by atoms with van der Waals surface area (Å²) < 4.78 is 6.21. The second kappa shape index (κ2) is 13.7. The third-order valence-electron chi connectivity index (χ3n) is 11.3. The topological polar surface area (TPSA) is 82.5 Å². The van der Waals surface area contributed by atoms with Crippen LogP contribution in [-0.2, 0) is 0 Å². The van der Waals surface area contributed by atoms with Crippen molar-refractivity contribution in [2.75, 3.05) is 0 Å². The van der Waals surface area contributed by atoms with Crippen LogP contribution in [0.5, 0.6) is 0 Å². The molecule has 7 nitrogen and oxygen atoms in total. The zero-order chi connectivity index (χ0) is 39.6. The average Bonchev–Trinajstić information content (AvgIpc) is 3.94. The van der Waals surface area contributed by atoms with Crippen LogP contribution >= 0.6 is 0 Å². The van der Waals surface area contributed by atoms with Gasteiger partial charge in [0.1, 0.15) is 22.2 Å². The summed E-state index contributed by atoms with van der Waals surface area (Å²) in [4.78, 5) is 17.1. The molecule has 0 aliphatic heterocycles. The van der Waals surface area contributed by atoms with Crippen LogP contribution in [0.2, 0.25) is 0 Å². The molecule has 0 unspecified atom stereocenters. The molecule has 0 saturated carbocycles. The second-order valence-electron chi connectivity index (χ2n) is 15.0. The Morgan fingerprint density at radius 2 is 0.883 bits per heavy atom. The van der Waals surface area contributed by atoms with Crippen molar-refractivity contribution < 1.29 is 4.42 Å². The minimum atomic E-state index is 0.584. The number of benzene rings is 9. The monoisotopic (exact) mass is 768 g/mol. The smallest absolute Gasteiger partial charge is 0.164 e. The summed E-state index contributed by atoms with van der Waals surface area (Å²) in [5.41, 5.74) is 11.4. The van der Waals surface area contributed by atoms with E-state index in [1.165, 1.54) is 0 Å². The number of nitrogens with zero attached hydrogens (tertiary/aromatic N) is 6. The normalized spacial score (nSPS) is 11.7. The minimum absolute atomic E-state index is 0.584. The molecule has 0 amide bonds. The summed E-state index contributed by atoms with van der Waals surface area (Å²) in [5, 5.41) is 16.4. The molecule has 0 bridgehead atoms. The van der Waals surface area contributed by atoms with E-state index in [-0.39, 0.29) is 0 Å². The highest BCUT2D eigenvalue weighted by Gasteiger charge is 2.17. The highest BCUT2D eigenvalue weighted by molar-refractivity contribution is 6.18. The molecule has 280 valence electrons. The molecule has 0 radical (unpaired) electrons. The van der Waals surface area contributed by atoms with E-state index < -0.39 is 0 Å². The lowest BCUT2D eigenvalue weighted by atomic mass is 9.98. The van der Waals surface area contributed by atoms with Gasteiger partial charge in [0.25, 0.3) is 0 Å². The van der Waals surface area contributed by atoms with Crippen LogP contribution in [0.25, 0.3) is 117 Å². The van der Waals surface area contributed by atoms with Crippen molar-refractivity contribution in [3.63, 3.8) is 0 Å². The first-order valence-electron chi connectivity index (χ1n) is 19.9. The van der Waals surface area contributed by atoms with E-state index in [1.807, 2.05) is 60.7 Å². The van der Waals surface area contributed by atoms with Gasteiger partial charge in [-0.3, -0.25) is 0 Å². The number of para-hydroxylation sites is 2. The largest absolute Gasteiger partial charge is 0.456 e. The van der Waals surface area contributed by atoms with Gasteiger partial charge in [0, 0.05) is 32.8 Å². The van der Waals surface area contributed by atoms with Crippen molar-refractivity contribution >= 4 is 54.5 Å². The highest BCUT2D eigenvalue weighted by Crippen LogP contribution is 2.36. The molecule has 12 rings (SSSR count). The Labute approximate surface area is 343 Å². The van der Waals surface area contributed by atoms with Gasteiger partial charge in [-0.05, 0) is 80.9 Å². The number of hydrogen-bond acceptors (Lipinski definition) is 6. The summed E-state index contributed by atoms with van der Waals surface area (Å²) in [6, 6.07) is 66.6. The lowest BCUT2D eigenvalue weighted by Crippen LogP contribution is -2.00. The van der Waals surface area contributed by atoms with Gasteiger partial charge in [-0.25, -0.2) is 15.0 Å².